The van der Waals surface area contributed by atoms with Crippen LogP contribution >= 0.6 is 15.9 Å². The SMILES string of the molecule is CCOc1cc(C(F)F)cc(Br)c1C(C)=O. The second kappa shape index (κ2) is 5.39. The van der Waals surface area contributed by atoms with E-state index in [9.17, 15) is 13.6 Å². The number of ether oxygens (including phenoxy) is 1. The molecular weight excluding hydrogens is 282 g/mol. The van der Waals surface area contributed by atoms with Crippen LogP contribution in [0.5, 0.6) is 5.75 Å². The number of halogens is 3. The Hall–Kier alpha value is -0.970. The molecule has 0 fully saturated rings. The van der Waals surface area contributed by atoms with Gasteiger partial charge in [0, 0.05) is 10.0 Å². The first kappa shape index (κ1) is 13.1. The maximum atomic E-state index is 12.5. The highest BCUT2D eigenvalue weighted by atomic mass is 79.9. The summed E-state index contributed by atoms with van der Waals surface area (Å²) >= 11 is 3.10. The van der Waals surface area contributed by atoms with E-state index >= 15 is 0 Å². The van der Waals surface area contributed by atoms with Crippen LogP contribution in [0, 0.1) is 0 Å². The molecule has 0 saturated heterocycles. The molecule has 0 unspecified atom stereocenters. The van der Waals surface area contributed by atoms with Crippen molar-refractivity contribution in [2.45, 2.75) is 20.3 Å². The summed E-state index contributed by atoms with van der Waals surface area (Å²) in [4.78, 5) is 11.3. The van der Waals surface area contributed by atoms with Crippen LogP contribution in [0.2, 0.25) is 0 Å². The van der Waals surface area contributed by atoms with Crippen molar-refractivity contribution < 1.29 is 18.3 Å². The number of rotatable bonds is 4. The molecular formula is C11H11BrF2O2. The molecule has 0 spiro atoms. The lowest BCUT2D eigenvalue weighted by Crippen LogP contribution is -2.03. The summed E-state index contributed by atoms with van der Waals surface area (Å²) in [5.41, 5.74) is 0.131. The van der Waals surface area contributed by atoms with Gasteiger partial charge in [0.1, 0.15) is 5.75 Å². The van der Waals surface area contributed by atoms with E-state index in [1.54, 1.807) is 6.92 Å². The molecule has 5 heteroatoms. The van der Waals surface area contributed by atoms with Crippen molar-refractivity contribution in [1.29, 1.82) is 0 Å². The number of hydrogen-bond acceptors (Lipinski definition) is 2. The first-order valence-corrected chi connectivity index (χ1v) is 5.52. The minimum atomic E-state index is -2.59. The Bertz CT molecular complexity index is 405. The van der Waals surface area contributed by atoms with Gasteiger partial charge in [0.05, 0.1) is 12.2 Å². The smallest absolute Gasteiger partial charge is 0.264 e. The van der Waals surface area contributed by atoms with Gasteiger partial charge in [0.2, 0.25) is 0 Å². The zero-order valence-electron chi connectivity index (χ0n) is 8.89. The van der Waals surface area contributed by atoms with Gasteiger partial charge in [-0.3, -0.25) is 4.79 Å². The quantitative estimate of drug-likeness (QED) is 0.785. The maximum Gasteiger partial charge on any atom is 0.264 e. The average molecular weight is 293 g/mol. The van der Waals surface area contributed by atoms with Gasteiger partial charge in [-0.1, -0.05) is 0 Å². The predicted octanol–water partition coefficient (Wildman–Crippen LogP) is 3.99. The van der Waals surface area contributed by atoms with Crippen LogP contribution in [0.1, 0.15) is 36.2 Å². The van der Waals surface area contributed by atoms with Crippen molar-refractivity contribution in [3.63, 3.8) is 0 Å². The highest BCUT2D eigenvalue weighted by Crippen LogP contribution is 2.33. The standard InChI is InChI=1S/C11H11BrF2O2/c1-3-16-9-5-7(11(13)14)4-8(12)10(9)6(2)15/h4-5,11H,3H2,1-2H3. The van der Waals surface area contributed by atoms with Crippen LogP contribution in [-0.2, 0) is 0 Å². The number of ketones is 1. The normalized spacial score (nSPS) is 10.6. The molecule has 2 nitrogen and oxygen atoms in total. The third-order valence-electron chi connectivity index (χ3n) is 1.98. The molecule has 0 aliphatic carbocycles. The fraction of sp³-hybridized carbons (Fsp3) is 0.364. The lowest BCUT2D eigenvalue weighted by Gasteiger charge is -2.12. The summed E-state index contributed by atoms with van der Waals surface area (Å²) in [6.45, 7) is 3.41. The van der Waals surface area contributed by atoms with Gasteiger partial charge in [-0.05, 0) is 41.9 Å². The molecule has 1 rings (SSSR count). The molecule has 0 N–H and O–H groups in total. The number of carbonyl (C=O) groups is 1. The van der Waals surface area contributed by atoms with Crippen LogP contribution in [-0.4, -0.2) is 12.4 Å². The van der Waals surface area contributed by atoms with Gasteiger partial charge in [-0.15, -0.1) is 0 Å². The number of Topliss-reactive ketones (excluding diaryl/α,β-unsaturated/α-hetero) is 1. The molecule has 0 saturated carbocycles. The summed E-state index contributed by atoms with van der Waals surface area (Å²) in [7, 11) is 0. The van der Waals surface area contributed by atoms with Crippen molar-refractivity contribution in [3.05, 3.63) is 27.7 Å². The van der Waals surface area contributed by atoms with E-state index in [2.05, 4.69) is 15.9 Å². The van der Waals surface area contributed by atoms with E-state index in [1.165, 1.54) is 19.1 Å². The number of hydrogen-bond donors (Lipinski definition) is 0. The van der Waals surface area contributed by atoms with Crippen LogP contribution < -0.4 is 4.74 Å². The third kappa shape index (κ3) is 2.78. The van der Waals surface area contributed by atoms with Crippen molar-refractivity contribution >= 4 is 21.7 Å². The van der Waals surface area contributed by atoms with Crippen LogP contribution in [0.25, 0.3) is 0 Å². The average Bonchev–Trinajstić information content (AvgIpc) is 2.16. The van der Waals surface area contributed by atoms with E-state index < -0.39 is 6.43 Å². The Kier molecular flexibility index (Phi) is 4.41. The number of alkyl halides is 2. The van der Waals surface area contributed by atoms with Gasteiger partial charge in [-0.25, -0.2) is 8.78 Å². The summed E-state index contributed by atoms with van der Waals surface area (Å²) in [5, 5.41) is 0. The first-order chi connectivity index (χ1) is 7.47. The summed E-state index contributed by atoms with van der Waals surface area (Å²) in [6.07, 6.45) is -2.59. The molecule has 0 aromatic heterocycles. The molecule has 1 aromatic carbocycles. The van der Waals surface area contributed by atoms with Gasteiger partial charge < -0.3 is 4.74 Å². The van der Waals surface area contributed by atoms with Crippen LogP contribution in [0.4, 0.5) is 8.78 Å². The minimum Gasteiger partial charge on any atom is -0.493 e. The van der Waals surface area contributed by atoms with Gasteiger partial charge in [-0.2, -0.15) is 0 Å². The molecule has 0 bridgehead atoms. The lowest BCUT2D eigenvalue weighted by atomic mass is 10.1. The van der Waals surface area contributed by atoms with E-state index in [4.69, 9.17) is 4.74 Å². The zero-order chi connectivity index (χ0) is 12.3. The fourth-order valence-electron chi connectivity index (χ4n) is 1.34. The molecule has 0 atom stereocenters. The second-order valence-corrected chi connectivity index (χ2v) is 4.02. The van der Waals surface area contributed by atoms with Gasteiger partial charge in [0.15, 0.2) is 5.78 Å². The monoisotopic (exact) mass is 292 g/mol. The predicted molar refractivity (Wildman–Crippen MR) is 60.3 cm³/mol. The topological polar surface area (TPSA) is 26.3 Å². The summed E-state index contributed by atoms with van der Waals surface area (Å²) < 4.78 is 30.6. The number of carbonyl (C=O) groups excluding carboxylic acids is 1. The highest BCUT2D eigenvalue weighted by Gasteiger charge is 2.18. The van der Waals surface area contributed by atoms with Gasteiger partial charge >= 0.3 is 0 Å². The van der Waals surface area contributed by atoms with Crippen molar-refractivity contribution in [1.82, 2.24) is 0 Å². The van der Waals surface area contributed by atoms with Crippen molar-refractivity contribution in [2.24, 2.45) is 0 Å². The highest BCUT2D eigenvalue weighted by molar-refractivity contribution is 9.10. The second-order valence-electron chi connectivity index (χ2n) is 3.17. The Morgan fingerprint density at radius 1 is 1.50 bits per heavy atom. The van der Waals surface area contributed by atoms with E-state index in [-0.39, 0.29) is 17.1 Å². The Labute approximate surface area is 101 Å². The largest absolute Gasteiger partial charge is 0.493 e. The van der Waals surface area contributed by atoms with Crippen LogP contribution in [0.15, 0.2) is 16.6 Å². The van der Waals surface area contributed by atoms with Gasteiger partial charge in [0.25, 0.3) is 6.43 Å². The molecule has 0 radical (unpaired) electrons. The lowest BCUT2D eigenvalue weighted by molar-refractivity contribution is 0.101. The van der Waals surface area contributed by atoms with E-state index in [0.717, 1.165) is 0 Å². The Balaban J connectivity index is 3.33. The Morgan fingerprint density at radius 2 is 2.12 bits per heavy atom. The maximum absolute atomic E-state index is 12.5. The number of benzene rings is 1. The van der Waals surface area contributed by atoms with Crippen molar-refractivity contribution in [3.8, 4) is 5.75 Å². The minimum absolute atomic E-state index is 0.166. The molecule has 88 valence electrons. The molecule has 0 heterocycles. The molecule has 1 aromatic rings. The molecule has 0 aliphatic rings. The van der Waals surface area contributed by atoms with Crippen molar-refractivity contribution in [2.75, 3.05) is 6.61 Å². The fourth-order valence-corrected chi connectivity index (χ4v) is 2.08. The summed E-state index contributed by atoms with van der Waals surface area (Å²) in [6, 6.07) is 2.44. The van der Waals surface area contributed by atoms with E-state index in [0.29, 0.717) is 16.6 Å². The molecule has 0 aliphatic heterocycles. The first-order valence-electron chi connectivity index (χ1n) is 4.72. The third-order valence-corrected chi connectivity index (χ3v) is 2.61. The molecule has 16 heavy (non-hydrogen) atoms. The zero-order valence-corrected chi connectivity index (χ0v) is 10.5. The summed E-state index contributed by atoms with van der Waals surface area (Å²) in [5.74, 6) is -0.0317. The van der Waals surface area contributed by atoms with Crippen LogP contribution in [0.3, 0.4) is 0 Å². The Morgan fingerprint density at radius 3 is 2.56 bits per heavy atom. The molecule has 0 amide bonds. The van der Waals surface area contributed by atoms with E-state index in [1.807, 2.05) is 0 Å².